The molecule has 2 rings (SSSR count). The van der Waals surface area contributed by atoms with Crippen molar-refractivity contribution in [3.8, 4) is 5.75 Å². The first-order valence-corrected chi connectivity index (χ1v) is 10.7. The summed E-state index contributed by atoms with van der Waals surface area (Å²) in [5.41, 5.74) is 2.36. The Morgan fingerprint density at radius 3 is 2.40 bits per heavy atom. The summed E-state index contributed by atoms with van der Waals surface area (Å²) in [7, 11) is 3.89. The van der Waals surface area contributed by atoms with Crippen LogP contribution in [0.3, 0.4) is 0 Å². The largest absolute Gasteiger partial charge is 0.491 e. The number of hydrogen-bond acceptors (Lipinski definition) is 4. The summed E-state index contributed by atoms with van der Waals surface area (Å²) in [6.07, 6.45) is 3.13. The first-order chi connectivity index (χ1) is 14.3. The Labute approximate surface area is 189 Å². The Kier molecular flexibility index (Phi) is 9.50. The summed E-state index contributed by atoms with van der Waals surface area (Å²) < 4.78 is 5.76. The average Bonchev–Trinajstić information content (AvgIpc) is 2.71. The van der Waals surface area contributed by atoms with E-state index < -0.39 is 0 Å². The van der Waals surface area contributed by atoms with Crippen molar-refractivity contribution in [3.05, 3.63) is 58.1 Å². The zero-order chi connectivity index (χ0) is 22.1. The molecule has 1 N–H and O–H groups in total. The molecule has 0 heterocycles. The number of anilines is 2. The van der Waals surface area contributed by atoms with Crippen LogP contribution in [0.15, 0.2) is 42.5 Å². The third-order valence-corrected chi connectivity index (χ3v) is 5.30. The van der Waals surface area contributed by atoms with Crippen molar-refractivity contribution in [2.24, 2.45) is 0 Å². The van der Waals surface area contributed by atoms with Crippen LogP contribution in [0.5, 0.6) is 5.75 Å². The van der Waals surface area contributed by atoms with Crippen LogP contribution in [0.1, 0.15) is 19.4 Å². The number of hydrogen-bond donors (Lipinski definition) is 1. The second-order valence-corrected chi connectivity index (χ2v) is 7.76. The van der Waals surface area contributed by atoms with E-state index in [0.29, 0.717) is 28.1 Å². The number of nitrogens with one attached hydrogen (secondary N) is 1. The SMILES string of the molecule is CCN(CC)CCOc1ccc(NC(=O)/C=C/c2ccc(N(C)C)cc2Cl)cc1Cl. The predicted molar refractivity (Wildman–Crippen MR) is 128 cm³/mol. The Balaban J connectivity index is 1.94. The molecule has 0 bridgehead atoms. The smallest absolute Gasteiger partial charge is 0.248 e. The first kappa shape index (κ1) is 24.1. The molecule has 162 valence electrons. The fourth-order valence-corrected chi connectivity index (χ4v) is 3.27. The van der Waals surface area contributed by atoms with Gasteiger partial charge in [0.15, 0.2) is 0 Å². The van der Waals surface area contributed by atoms with Gasteiger partial charge < -0.3 is 19.9 Å². The van der Waals surface area contributed by atoms with Gasteiger partial charge in [-0.25, -0.2) is 0 Å². The molecular formula is C23H29Cl2N3O2. The number of nitrogens with zero attached hydrogens (tertiary/aromatic N) is 2. The lowest BCUT2D eigenvalue weighted by atomic mass is 10.2. The van der Waals surface area contributed by atoms with Crippen molar-refractivity contribution in [3.63, 3.8) is 0 Å². The summed E-state index contributed by atoms with van der Waals surface area (Å²) >= 11 is 12.6. The van der Waals surface area contributed by atoms with E-state index in [0.717, 1.165) is 30.9 Å². The highest BCUT2D eigenvalue weighted by Crippen LogP contribution is 2.28. The van der Waals surface area contributed by atoms with Gasteiger partial charge in [0.05, 0.1) is 5.02 Å². The van der Waals surface area contributed by atoms with E-state index in [1.54, 1.807) is 24.3 Å². The van der Waals surface area contributed by atoms with Crippen molar-refractivity contribution < 1.29 is 9.53 Å². The van der Waals surface area contributed by atoms with Gasteiger partial charge in [0.2, 0.25) is 5.91 Å². The first-order valence-electron chi connectivity index (χ1n) is 9.94. The van der Waals surface area contributed by atoms with E-state index in [4.69, 9.17) is 27.9 Å². The molecule has 5 nitrogen and oxygen atoms in total. The van der Waals surface area contributed by atoms with Gasteiger partial charge >= 0.3 is 0 Å². The number of ether oxygens (including phenoxy) is 1. The van der Waals surface area contributed by atoms with E-state index in [9.17, 15) is 4.79 Å². The molecule has 0 aromatic heterocycles. The molecule has 7 heteroatoms. The highest BCUT2D eigenvalue weighted by atomic mass is 35.5. The molecule has 0 aliphatic carbocycles. The minimum absolute atomic E-state index is 0.269. The predicted octanol–water partition coefficient (Wildman–Crippen LogP) is 5.43. The quantitative estimate of drug-likeness (QED) is 0.490. The molecule has 1 amide bonds. The number of carbonyl (C=O) groups excluding carboxylic acids is 1. The molecule has 0 fully saturated rings. The van der Waals surface area contributed by atoms with Crippen molar-refractivity contribution >= 4 is 46.6 Å². The summed E-state index contributed by atoms with van der Waals surface area (Å²) in [6, 6.07) is 10.9. The number of halogens is 2. The van der Waals surface area contributed by atoms with Crippen molar-refractivity contribution in [2.45, 2.75) is 13.8 Å². The minimum Gasteiger partial charge on any atom is -0.491 e. The van der Waals surface area contributed by atoms with E-state index >= 15 is 0 Å². The van der Waals surface area contributed by atoms with E-state index in [-0.39, 0.29) is 5.91 Å². The fourth-order valence-electron chi connectivity index (χ4n) is 2.80. The van der Waals surface area contributed by atoms with Crippen LogP contribution >= 0.6 is 23.2 Å². The van der Waals surface area contributed by atoms with Crippen LogP contribution in [0.4, 0.5) is 11.4 Å². The number of benzene rings is 2. The molecule has 0 atom stereocenters. The Morgan fingerprint density at radius 1 is 1.07 bits per heavy atom. The van der Waals surface area contributed by atoms with Gasteiger partial charge in [-0.05, 0) is 55.1 Å². The number of likely N-dealkylation sites (N-methyl/N-ethyl adjacent to an activating group) is 1. The van der Waals surface area contributed by atoms with E-state index in [1.807, 2.05) is 37.2 Å². The van der Waals surface area contributed by atoms with Gasteiger partial charge in [-0.15, -0.1) is 0 Å². The maximum absolute atomic E-state index is 12.3. The van der Waals surface area contributed by atoms with E-state index in [1.165, 1.54) is 6.08 Å². The molecule has 0 saturated carbocycles. The molecular weight excluding hydrogens is 421 g/mol. The molecule has 0 radical (unpaired) electrons. The molecule has 2 aromatic carbocycles. The van der Waals surface area contributed by atoms with Gasteiger partial charge in [-0.2, -0.15) is 0 Å². The van der Waals surface area contributed by atoms with Crippen LogP contribution < -0.4 is 15.0 Å². The topological polar surface area (TPSA) is 44.8 Å². The second kappa shape index (κ2) is 11.8. The van der Waals surface area contributed by atoms with Gasteiger partial charge in [0, 0.05) is 43.1 Å². The molecule has 0 aliphatic heterocycles. The molecule has 0 saturated heterocycles. The third kappa shape index (κ3) is 7.24. The third-order valence-electron chi connectivity index (χ3n) is 4.67. The van der Waals surface area contributed by atoms with Crippen molar-refractivity contribution in [1.82, 2.24) is 4.90 Å². The average molecular weight is 450 g/mol. The lowest BCUT2D eigenvalue weighted by molar-refractivity contribution is -0.111. The molecule has 0 spiro atoms. The van der Waals surface area contributed by atoms with Crippen LogP contribution in [0, 0.1) is 0 Å². The van der Waals surface area contributed by atoms with Crippen molar-refractivity contribution in [2.75, 3.05) is 50.6 Å². The Morgan fingerprint density at radius 2 is 1.80 bits per heavy atom. The highest BCUT2D eigenvalue weighted by molar-refractivity contribution is 6.33. The molecule has 30 heavy (non-hydrogen) atoms. The summed E-state index contributed by atoms with van der Waals surface area (Å²) in [6.45, 7) is 7.60. The summed E-state index contributed by atoms with van der Waals surface area (Å²) in [5.74, 6) is 0.333. The highest BCUT2D eigenvalue weighted by Gasteiger charge is 2.07. The Bertz CT molecular complexity index is 881. The fraction of sp³-hybridized carbons (Fsp3) is 0.348. The molecule has 0 aliphatic rings. The number of amides is 1. The lowest BCUT2D eigenvalue weighted by Crippen LogP contribution is -2.27. The number of rotatable bonds is 10. The summed E-state index contributed by atoms with van der Waals surface area (Å²) in [5, 5.41) is 3.84. The van der Waals surface area contributed by atoms with Crippen LogP contribution in [0.25, 0.3) is 6.08 Å². The Hall–Kier alpha value is -2.21. The van der Waals surface area contributed by atoms with Crippen LogP contribution in [-0.4, -0.2) is 51.1 Å². The van der Waals surface area contributed by atoms with Crippen LogP contribution in [0.2, 0.25) is 10.0 Å². The van der Waals surface area contributed by atoms with Gasteiger partial charge in [-0.3, -0.25) is 4.79 Å². The van der Waals surface area contributed by atoms with Gasteiger partial charge in [0.1, 0.15) is 12.4 Å². The minimum atomic E-state index is -0.269. The zero-order valence-electron chi connectivity index (χ0n) is 17.9. The number of carbonyl (C=O) groups is 1. The van der Waals surface area contributed by atoms with Gasteiger partial charge in [-0.1, -0.05) is 43.1 Å². The monoisotopic (exact) mass is 449 g/mol. The van der Waals surface area contributed by atoms with E-state index in [2.05, 4.69) is 24.1 Å². The summed E-state index contributed by atoms with van der Waals surface area (Å²) in [4.78, 5) is 16.5. The van der Waals surface area contributed by atoms with Crippen molar-refractivity contribution in [1.29, 1.82) is 0 Å². The molecule has 2 aromatic rings. The van der Waals surface area contributed by atoms with Crippen LogP contribution in [-0.2, 0) is 4.79 Å². The van der Waals surface area contributed by atoms with Gasteiger partial charge in [0.25, 0.3) is 0 Å². The molecule has 0 unspecified atom stereocenters. The maximum atomic E-state index is 12.3. The lowest BCUT2D eigenvalue weighted by Gasteiger charge is -2.18. The maximum Gasteiger partial charge on any atom is 0.248 e. The second-order valence-electron chi connectivity index (χ2n) is 6.94. The zero-order valence-corrected chi connectivity index (χ0v) is 19.4. The normalized spacial score (nSPS) is 11.2. The standard InChI is InChI=1S/C23H29Cl2N3O2/c1-5-28(6-2)13-14-30-22-11-9-18(15-21(22)25)26-23(29)12-8-17-7-10-19(27(3)4)16-20(17)24/h7-12,15-16H,5-6,13-14H2,1-4H3,(H,26,29)/b12-8+.